The average Bonchev–Trinajstić information content (AvgIpc) is 2.41. The number of phenols is 1. The fourth-order valence-electron chi connectivity index (χ4n) is 1.74. The predicted molar refractivity (Wildman–Crippen MR) is 75.3 cm³/mol. The van der Waals surface area contributed by atoms with Crippen LogP contribution in [0.25, 0.3) is 0 Å². The van der Waals surface area contributed by atoms with Crippen molar-refractivity contribution in [1.82, 2.24) is 4.90 Å². The van der Waals surface area contributed by atoms with Crippen LogP contribution < -0.4 is 5.73 Å². The Kier molecular flexibility index (Phi) is 5.83. The van der Waals surface area contributed by atoms with Crippen molar-refractivity contribution in [3.8, 4) is 5.75 Å². The summed E-state index contributed by atoms with van der Waals surface area (Å²) in [5, 5.41) is 9.54. The highest BCUT2D eigenvalue weighted by Gasteiger charge is 2.19. The Morgan fingerprint density at radius 3 is 2.60 bits per heavy atom. The number of nitrogens with two attached hydrogens (primary N) is 1. The molecule has 0 aliphatic heterocycles. The molecule has 1 rings (SSSR count). The molecule has 0 aliphatic rings. The molecule has 0 radical (unpaired) electrons. The maximum Gasteiger partial charge on any atom is 0.325 e. The summed E-state index contributed by atoms with van der Waals surface area (Å²) in [6, 6.07) is 4.27. The molecule has 20 heavy (non-hydrogen) atoms. The quantitative estimate of drug-likeness (QED) is 0.466. The Balaban J connectivity index is 2.87. The van der Waals surface area contributed by atoms with E-state index in [-0.39, 0.29) is 36.1 Å². The highest BCUT2D eigenvalue weighted by atomic mass is 16.5. The molecule has 1 aromatic rings. The lowest BCUT2D eigenvalue weighted by Crippen LogP contribution is -2.37. The lowest BCUT2D eigenvalue weighted by molar-refractivity contribution is -0.143. The Bertz CT molecular complexity index is 488. The minimum atomic E-state index is -0.450. The third kappa shape index (κ3) is 4.15. The summed E-state index contributed by atoms with van der Waals surface area (Å²) >= 11 is 0. The van der Waals surface area contributed by atoms with Crippen LogP contribution in [0, 0.1) is 0 Å². The van der Waals surface area contributed by atoms with E-state index in [1.54, 1.807) is 6.92 Å². The summed E-state index contributed by atoms with van der Waals surface area (Å²) < 4.78 is 4.85. The lowest BCUT2D eigenvalue weighted by atomic mass is 10.1. The van der Waals surface area contributed by atoms with Crippen LogP contribution in [0.3, 0.4) is 0 Å². The molecule has 0 aliphatic carbocycles. The van der Waals surface area contributed by atoms with E-state index in [1.165, 1.54) is 23.1 Å². The van der Waals surface area contributed by atoms with Crippen molar-refractivity contribution < 1.29 is 19.4 Å². The molecule has 0 fully saturated rings. The molecule has 0 spiro atoms. The maximum absolute atomic E-state index is 12.3. The molecule has 6 heteroatoms. The molecule has 110 valence electrons. The van der Waals surface area contributed by atoms with Gasteiger partial charge in [-0.05, 0) is 31.5 Å². The van der Waals surface area contributed by atoms with Gasteiger partial charge < -0.3 is 20.5 Å². The van der Waals surface area contributed by atoms with Gasteiger partial charge >= 0.3 is 5.97 Å². The van der Waals surface area contributed by atoms with Crippen molar-refractivity contribution in [2.45, 2.75) is 20.3 Å². The van der Waals surface area contributed by atoms with E-state index in [9.17, 15) is 14.7 Å². The molecule has 0 unspecified atom stereocenters. The zero-order valence-corrected chi connectivity index (χ0v) is 11.8. The second kappa shape index (κ2) is 7.37. The Morgan fingerprint density at radius 2 is 2.05 bits per heavy atom. The number of amides is 1. The van der Waals surface area contributed by atoms with Gasteiger partial charge in [0.25, 0.3) is 5.91 Å². The van der Waals surface area contributed by atoms with Crippen LogP contribution >= 0.6 is 0 Å². The van der Waals surface area contributed by atoms with E-state index in [0.717, 1.165) is 0 Å². The summed E-state index contributed by atoms with van der Waals surface area (Å²) in [4.78, 5) is 25.2. The van der Waals surface area contributed by atoms with E-state index in [4.69, 9.17) is 10.5 Å². The molecule has 3 N–H and O–H groups in total. The first-order valence-corrected chi connectivity index (χ1v) is 6.53. The van der Waals surface area contributed by atoms with Crippen molar-refractivity contribution in [1.29, 1.82) is 0 Å². The molecule has 0 aromatic heterocycles. The van der Waals surface area contributed by atoms with Gasteiger partial charge in [0.05, 0.1) is 12.3 Å². The van der Waals surface area contributed by atoms with Crippen LogP contribution in [0.15, 0.2) is 18.2 Å². The Morgan fingerprint density at radius 1 is 1.35 bits per heavy atom. The van der Waals surface area contributed by atoms with Crippen LogP contribution in [0.2, 0.25) is 0 Å². The van der Waals surface area contributed by atoms with Gasteiger partial charge in [0.2, 0.25) is 0 Å². The number of carbonyl (C=O) groups is 2. The number of phenolic OH excluding ortho intramolecular Hbond substituents is 1. The average molecular weight is 280 g/mol. The van der Waals surface area contributed by atoms with Crippen molar-refractivity contribution >= 4 is 17.6 Å². The zero-order chi connectivity index (χ0) is 15.1. The van der Waals surface area contributed by atoms with Gasteiger partial charge in [0, 0.05) is 12.1 Å². The van der Waals surface area contributed by atoms with Crippen molar-refractivity contribution in [3.05, 3.63) is 23.8 Å². The van der Waals surface area contributed by atoms with Crippen molar-refractivity contribution in [3.63, 3.8) is 0 Å². The van der Waals surface area contributed by atoms with Crippen molar-refractivity contribution in [2.24, 2.45) is 0 Å². The smallest absolute Gasteiger partial charge is 0.325 e. The third-order valence-electron chi connectivity index (χ3n) is 2.68. The second-order valence-corrected chi connectivity index (χ2v) is 4.31. The monoisotopic (exact) mass is 280 g/mol. The van der Waals surface area contributed by atoms with Gasteiger partial charge in [0.15, 0.2) is 0 Å². The Labute approximate surface area is 118 Å². The molecule has 1 amide bonds. The van der Waals surface area contributed by atoms with E-state index in [2.05, 4.69) is 0 Å². The van der Waals surface area contributed by atoms with Crippen LogP contribution in [0.4, 0.5) is 5.69 Å². The largest absolute Gasteiger partial charge is 0.506 e. The number of anilines is 1. The van der Waals surface area contributed by atoms with Gasteiger partial charge in [-0.2, -0.15) is 0 Å². The highest BCUT2D eigenvalue weighted by Crippen LogP contribution is 2.21. The van der Waals surface area contributed by atoms with E-state index in [1.807, 2.05) is 6.92 Å². The van der Waals surface area contributed by atoms with Gasteiger partial charge in [-0.3, -0.25) is 9.59 Å². The number of aromatic hydroxyl groups is 1. The van der Waals surface area contributed by atoms with E-state index < -0.39 is 5.97 Å². The number of esters is 1. The molecule has 0 bridgehead atoms. The summed E-state index contributed by atoms with van der Waals surface area (Å²) in [6.07, 6.45) is 0.714. The second-order valence-electron chi connectivity index (χ2n) is 4.31. The predicted octanol–water partition coefficient (Wildman–Crippen LogP) is 1.39. The molecule has 0 saturated carbocycles. The van der Waals surface area contributed by atoms with Gasteiger partial charge in [-0.25, -0.2) is 0 Å². The molecule has 0 heterocycles. The molecular weight excluding hydrogens is 260 g/mol. The normalized spacial score (nSPS) is 10.1. The summed E-state index contributed by atoms with van der Waals surface area (Å²) in [7, 11) is 0. The molecule has 1 aromatic carbocycles. The number of nitrogens with zero attached hydrogens (tertiary/aromatic N) is 1. The van der Waals surface area contributed by atoms with Gasteiger partial charge in [0.1, 0.15) is 12.3 Å². The molecular formula is C14H20N2O4. The standard InChI is InChI=1S/C14H20N2O4/c1-3-7-16(9-13(18)20-4-2)14(19)10-5-6-11(15)12(17)8-10/h5-6,8,17H,3-4,7,9,15H2,1-2H3. The number of nitrogen functional groups attached to an aromatic ring is 1. The minimum absolute atomic E-state index is 0.106. The first-order chi connectivity index (χ1) is 9.49. The topological polar surface area (TPSA) is 92.9 Å². The number of benzene rings is 1. The SMILES string of the molecule is CCCN(CC(=O)OCC)C(=O)c1ccc(N)c(O)c1. The van der Waals surface area contributed by atoms with Gasteiger partial charge in [-0.15, -0.1) is 0 Å². The number of hydrogen-bond acceptors (Lipinski definition) is 5. The fourth-order valence-corrected chi connectivity index (χ4v) is 1.74. The van der Waals surface area contributed by atoms with Crippen LogP contribution in [0.5, 0.6) is 5.75 Å². The first kappa shape index (κ1) is 15.8. The fraction of sp³-hybridized carbons (Fsp3) is 0.429. The van der Waals surface area contributed by atoms with Crippen LogP contribution in [-0.4, -0.2) is 41.6 Å². The van der Waals surface area contributed by atoms with Crippen LogP contribution in [-0.2, 0) is 9.53 Å². The molecule has 6 nitrogen and oxygen atoms in total. The maximum atomic E-state index is 12.3. The third-order valence-corrected chi connectivity index (χ3v) is 2.68. The zero-order valence-electron chi connectivity index (χ0n) is 11.8. The molecule has 0 saturated heterocycles. The number of hydrogen-bond donors (Lipinski definition) is 2. The van der Waals surface area contributed by atoms with Crippen molar-refractivity contribution in [2.75, 3.05) is 25.4 Å². The Hall–Kier alpha value is -2.24. The number of rotatable bonds is 6. The van der Waals surface area contributed by atoms with E-state index in [0.29, 0.717) is 13.0 Å². The summed E-state index contributed by atoms with van der Waals surface area (Å²) in [5.74, 6) is -0.937. The van der Waals surface area contributed by atoms with E-state index >= 15 is 0 Å². The summed E-state index contributed by atoms with van der Waals surface area (Å²) in [6.45, 7) is 4.22. The molecule has 0 atom stereocenters. The summed E-state index contributed by atoms with van der Waals surface area (Å²) in [5.41, 5.74) is 5.98. The first-order valence-electron chi connectivity index (χ1n) is 6.53. The highest BCUT2D eigenvalue weighted by molar-refractivity contribution is 5.96. The van der Waals surface area contributed by atoms with Crippen LogP contribution in [0.1, 0.15) is 30.6 Å². The minimum Gasteiger partial charge on any atom is -0.506 e. The number of carbonyl (C=O) groups excluding carboxylic acids is 2. The number of ether oxygens (including phenoxy) is 1. The van der Waals surface area contributed by atoms with Gasteiger partial charge in [-0.1, -0.05) is 6.92 Å². The lowest BCUT2D eigenvalue weighted by Gasteiger charge is -2.21.